The van der Waals surface area contributed by atoms with Gasteiger partial charge in [0, 0.05) is 15.6 Å². The number of fused-ring (bicyclic) bond motifs is 1. The van der Waals surface area contributed by atoms with Gasteiger partial charge in [0.2, 0.25) is 5.91 Å². The summed E-state index contributed by atoms with van der Waals surface area (Å²) in [5, 5.41) is 6.58. The Morgan fingerprint density at radius 2 is 1.86 bits per heavy atom. The summed E-state index contributed by atoms with van der Waals surface area (Å²) < 4.78 is 12.1. The Kier molecular flexibility index (Phi) is 6.83. The molecule has 3 N–H and O–H groups in total. The van der Waals surface area contributed by atoms with Crippen molar-refractivity contribution >= 4 is 53.3 Å². The van der Waals surface area contributed by atoms with Gasteiger partial charge in [-0.25, -0.2) is 0 Å². The maximum atomic E-state index is 12.8. The molecule has 3 aromatic carbocycles. The average molecular weight is 448 g/mol. The van der Waals surface area contributed by atoms with Crippen LogP contribution in [0.5, 0.6) is 0 Å². The van der Waals surface area contributed by atoms with Crippen molar-refractivity contribution < 1.29 is 19.1 Å². The number of halogens is 1. The molecular weight excluding hydrogens is 429 g/mol. The molecular formula is C21H19ClNO4PS. The Hall–Kier alpha value is -2.08. The molecule has 0 fully saturated rings. The van der Waals surface area contributed by atoms with E-state index in [9.17, 15) is 19.1 Å². The highest BCUT2D eigenvalue weighted by molar-refractivity contribution is 8.02. The second-order valence-corrected chi connectivity index (χ2v) is 9.64. The van der Waals surface area contributed by atoms with Crippen molar-refractivity contribution in [3.05, 3.63) is 83.2 Å². The summed E-state index contributed by atoms with van der Waals surface area (Å²) in [7, 11) is -4.73. The average Bonchev–Trinajstić information content (AvgIpc) is 2.67. The van der Waals surface area contributed by atoms with Crippen LogP contribution >= 0.6 is 31.0 Å². The van der Waals surface area contributed by atoms with Crippen LogP contribution in [0.2, 0.25) is 5.02 Å². The predicted molar refractivity (Wildman–Crippen MR) is 120 cm³/mol. The monoisotopic (exact) mass is 447 g/mol. The van der Waals surface area contributed by atoms with Gasteiger partial charge in [0.15, 0.2) is 0 Å². The standard InChI is InChI=1S/C21H19ClNO4PS/c1-2-29-20-10-8-17(22)11-16(20)13-19(28(25,26)27)21(24)23-18-9-7-14-5-3-4-6-15(14)12-18/h2-12,19H,1,13H2,(H,23,24)(H2,25,26,27). The zero-order chi connectivity index (χ0) is 21.0. The fraction of sp³-hybridized carbons (Fsp3) is 0.0952. The molecule has 150 valence electrons. The molecule has 0 bridgehead atoms. The second kappa shape index (κ2) is 9.16. The van der Waals surface area contributed by atoms with Crippen LogP contribution in [0.3, 0.4) is 0 Å². The first kappa shape index (κ1) is 21.6. The van der Waals surface area contributed by atoms with Crippen LogP contribution in [-0.2, 0) is 15.8 Å². The summed E-state index contributed by atoms with van der Waals surface area (Å²) >= 11 is 7.35. The normalized spacial score (nSPS) is 12.5. The molecule has 0 aliphatic heterocycles. The number of nitrogens with one attached hydrogen (secondary N) is 1. The highest BCUT2D eigenvalue weighted by atomic mass is 35.5. The van der Waals surface area contributed by atoms with Gasteiger partial charge in [-0.3, -0.25) is 9.36 Å². The number of amides is 1. The van der Waals surface area contributed by atoms with Gasteiger partial charge in [0.25, 0.3) is 0 Å². The van der Waals surface area contributed by atoms with E-state index in [0.29, 0.717) is 16.3 Å². The number of hydrogen-bond donors (Lipinski definition) is 3. The van der Waals surface area contributed by atoms with Gasteiger partial charge < -0.3 is 15.1 Å². The van der Waals surface area contributed by atoms with Crippen molar-refractivity contribution in [2.75, 3.05) is 5.32 Å². The van der Waals surface area contributed by atoms with Crippen LogP contribution in [-0.4, -0.2) is 21.4 Å². The molecule has 0 spiro atoms. The van der Waals surface area contributed by atoms with Crippen LogP contribution < -0.4 is 5.32 Å². The lowest BCUT2D eigenvalue weighted by Crippen LogP contribution is -2.30. The number of anilines is 1. The zero-order valence-electron chi connectivity index (χ0n) is 15.3. The summed E-state index contributed by atoms with van der Waals surface area (Å²) in [5.74, 6) is -0.747. The topological polar surface area (TPSA) is 86.6 Å². The van der Waals surface area contributed by atoms with Gasteiger partial charge in [-0.05, 0) is 58.5 Å². The SMILES string of the molecule is C=CSc1ccc(Cl)cc1CC(C(=O)Nc1ccc2ccccc2c1)P(=O)(O)O. The first-order chi connectivity index (χ1) is 13.8. The molecule has 0 aliphatic carbocycles. The van der Waals surface area contributed by atoms with Crippen molar-refractivity contribution in [1.29, 1.82) is 0 Å². The molecule has 3 aromatic rings. The minimum Gasteiger partial charge on any atom is -0.325 e. The van der Waals surface area contributed by atoms with Gasteiger partial charge in [-0.2, -0.15) is 0 Å². The lowest BCUT2D eigenvalue weighted by molar-refractivity contribution is -0.116. The van der Waals surface area contributed by atoms with E-state index in [4.69, 9.17) is 11.6 Å². The Labute approximate surface area is 177 Å². The smallest absolute Gasteiger partial charge is 0.325 e. The number of carbonyl (C=O) groups is 1. The summed E-state index contributed by atoms with van der Waals surface area (Å²) in [5.41, 5.74) is -0.500. The molecule has 0 aliphatic rings. The van der Waals surface area contributed by atoms with Gasteiger partial charge in [0.05, 0.1) is 0 Å². The maximum absolute atomic E-state index is 12.8. The molecule has 5 nitrogen and oxygen atoms in total. The van der Waals surface area contributed by atoms with E-state index in [0.717, 1.165) is 15.7 Å². The third kappa shape index (κ3) is 5.50. The van der Waals surface area contributed by atoms with Crippen molar-refractivity contribution in [3.63, 3.8) is 0 Å². The van der Waals surface area contributed by atoms with Gasteiger partial charge >= 0.3 is 7.60 Å². The van der Waals surface area contributed by atoms with Crippen LogP contribution in [0.25, 0.3) is 10.8 Å². The Morgan fingerprint density at radius 1 is 1.14 bits per heavy atom. The van der Waals surface area contributed by atoms with Gasteiger partial charge in [-0.1, -0.05) is 60.3 Å². The summed E-state index contributed by atoms with van der Waals surface area (Å²) in [6.45, 7) is 3.66. The maximum Gasteiger partial charge on any atom is 0.338 e. The molecule has 1 amide bonds. The number of thioether (sulfide) groups is 1. The molecule has 29 heavy (non-hydrogen) atoms. The first-order valence-electron chi connectivity index (χ1n) is 8.69. The van der Waals surface area contributed by atoms with Crippen LogP contribution in [0.4, 0.5) is 5.69 Å². The van der Waals surface area contributed by atoms with Crippen LogP contribution in [0, 0.1) is 0 Å². The van der Waals surface area contributed by atoms with Crippen LogP contribution in [0.15, 0.2) is 77.5 Å². The first-order valence-corrected chi connectivity index (χ1v) is 11.6. The minimum atomic E-state index is -4.73. The molecule has 0 saturated heterocycles. The number of hydrogen-bond acceptors (Lipinski definition) is 3. The highest BCUT2D eigenvalue weighted by Gasteiger charge is 2.36. The molecule has 3 rings (SSSR count). The molecule has 1 atom stereocenters. The number of carbonyl (C=O) groups excluding carboxylic acids is 1. The van der Waals surface area contributed by atoms with Crippen molar-refractivity contribution in [3.8, 4) is 0 Å². The fourth-order valence-corrected chi connectivity index (χ4v) is 4.60. The van der Waals surface area contributed by atoms with Gasteiger partial charge in [0.1, 0.15) is 5.66 Å². The van der Waals surface area contributed by atoms with E-state index in [2.05, 4.69) is 11.9 Å². The molecule has 0 aromatic heterocycles. The summed E-state index contributed by atoms with van der Waals surface area (Å²) in [6, 6.07) is 18.0. The van der Waals surface area contributed by atoms with Crippen molar-refractivity contribution in [2.45, 2.75) is 17.0 Å². The number of benzene rings is 3. The fourth-order valence-electron chi connectivity index (χ4n) is 2.98. The molecule has 0 radical (unpaired) electrons. The molecule has 0 heterocycles. The lowest BCUT2D eigenvalue weighted by atomic mass is 10.1. The second-order valence-electron chi connectivity index (χ2n) is 6.40. The van der Waals surface area contributed by atoms with E-state index in [1.165, 1.54) is 11.8 Å². The van der Waals surface area contributed by atoms with E-state index in [1.54, 1.807) is 35.7 Å². The quantitative estimate of drug-likeness (QED) is 0.331. The van der Waals surface area contributed by atoms with E-state index in [-0.39, 0.29) is 6.42 Å². The summed E-state index contributed by atoms with van der Waals surface area (Å²) in [6.07, 6.45) is -0.152. The molecule has 1 unspecified atom stereocenters. The largest absolute Gasteiger partial charge is 0.338 e. The third-order valence-corrected chi connectivity index (χ3v) is 6.65. The zero-order valence-corrected chi connectivity index (χ0v) is 17.8. The van der Waals surface area contributed by atoms with E-state index >= 15 is 0 Å². The Balaban J connectivity index is 1.88. The third-order valence-electron chi connectivity index (χ3n) is 4.37. The summed E-state index contributed by atoms with van der Waals surface area (Å²) in [4.78, 5) is 33.2. The lowest BCUT2D eigenvalue weighted by Gasteiger charge is -2.20. The van der Waals surface area contributed by atoms with Crippen molar-refractivity contribution in [2.24, 2.45) is 0 Å². The van der Waals surface area contributed by atoms with Crippen molar-refractivity contribution in [1.82, 2.24) is 0 Å². The molecule has 8 heteroatoms. The predicted octanol–water partition coefficient (Wildman–Crippen LogP) is 5.46. The Bertz CT molecular complexity index is 1110. The van der Waals surface area contributed by atoms with E-state index in [1.807, 2.05) is 30.3 Å². The minimum absolute atomic E-state index is 0.152. The Morgan fingerprint density at radius 3 is 2.55 bits per heavy atom. The van der Waals surface area contributed by atoms with E-state index < -0.39 is 19.2 Å². The number of rotatable bonds is 7. The highest BCUT2D eigenvalue weighted by Crippen LogP contribution is 2.44. The van der Waals surface area contributed by atoms with Crippen LogP contribution in [0.1, 0.15) is 5.56 Å². The molecule has 0 saturated carbocycles. The van der Waals surface area contributed by atoms with Gasteiger partial charge in [-0.15, -0.1) is 0 Å².